The van der Waals surface area contributed by atoms with E-state index in [1.54, 1.807) is 31.2 Å². The third kappa shape index (κ3) is 3.73. The molecule has 0 aliphatic carbocycles. The average Bonchev–Trinajstić information content (AvgIpc) is 2.53. The second-order valence-corrected chi connectivity index (χ2v) is 5.16. The van der Waals surface area contributed by atoms with Crippen molar-refractivity contribution in [3.05, 3.63) is 59.4 Å². The third-order valence-corrected chi connectivity index (χ3v) is 3.41. The SMILES string of the molecule is CC(=O)N(CC(=O)Nc1ccccc1C)c1ccc(F)c(F)c1F. The number of hydrogen-bond acceptors (Lipinski definition) is 2. The zero-order valence-electron chi connectivity index (χ0n) is 13.1. The summed E-state index contributed by atoms with van der Waals surface area (Å²) in [5.74, 6) is -5.86. The highest BCUT2D eigenvalue weighted by Gasteiger charge is 2.23. The van der Waals surface area contributed by atoms with Crippen molar-refractivity contribution in [3.63, 3.8) is 0 Å². The fourth-order valence-corrected chi connectivity index (χ4v) is 2.14. The molecule has 2 rings (SSSR count). The van der Waals surface area contributed by atoms with Crippen LogP contribution in [0.15, 0.2) is 36.4 Å². The van der Waals surface area contributed by atoms with E-state index in [0.29, 0.717) is 11.8 Å². The van der Waals surface area contributed by atoms with Gasteiger partial charge in [0.25, 0.3) is 0 Å². The largest absolute Gasteiger partial charge is 0.324 e. The highest BCUT2D eigenvalue weighted by molar-refractivity contribution is 6.02. The monoisotopic (exact) mass is 336 g/mol. The number of nitrogens with zero attached hydrogens (tertiary/aromatic N) is 1. The molecule has 126 valence electrons. The lowest BCUT2D eigenvalue weighted by molar-refractivity contribution is -0.120. The van der Waals surface area contributed by atoms with E-state index in [1.165, 1.54) is 0 Å². The molecule has 4 nitrogen and oxygen atoms in total. The molecule has 0 atom stereocenters. The second kappa shape index (κ2) is 7.16. The van der Waals surface area contributed by atoms with Gasteiger partial charge in [0, 0.05) is 12.6 Å². The summed E-state index contributed by atoms with van der Waals surface area (Å²) >= 11 is 0. The van der Waals surface area contributed by atoms with Crippen molar-refractivity contribution in [3.8, 4) is 0 Å². The normalized spacial score (nSPS) is 10.4. The molecule has 0 aliphatic heterocycles. The first kappa shape index (κ1) is 17.5. The highest BCUT2D eigenvalue weighted by Crippen LogP contribution is 2.24. The van der Waals surface area contributed by atoms with Crippen molar-refractivity contribution in [1.29, 1.82) is 0 Å². The quantitative estimate of drug-likeness (QED) is 0.870. The van der Waals surface area contributed by atoms with Gasteiger partial charge in [0.05, 0.1) is 5.69 Å². The van der Waals surface area contributed by atoms with Crippen molar-refractivity contribution in [1.82, 2.24) is 0 Å². The Morgan fingerprint density at radius 3 is 2.33 bits per heavy atom. The van der Waals surface area contributed by atoms with Gasteiger partial charge in [-0.25, -0.2) is 13.2 Å². The number of anilines is 2. The Hall–Kier alpha value is -2.83. The van der Waals surface area contributed by atoms with E-state index >= 15 is 0 Å². The summed E-state index contributed by atoms with van der Waals surface area (Å²) < 4.78 is 40.3. The van der Waals surface area contributed by atoms with Crippen LogP contribution in [0, 0.1) is 24.4 Å². The molecule has 0 bridgehead atoms. The van der Waals surface area contributed by atoms with Crippen molar-refractivity contribution >= 4 is 23.2 Å². The number of hydrogen-bond donors (Lipinski definition) is 1. The van der Waals surface area contributed by atoms with E-state index < -0.39 is 41.5 Å². The molecule has 7 heteroatoms. The van der Waals surface area contributed by atoms with Crippen molar-refractivity contribution < 1.29 is 22.8 Å². The van der Waals surface area contributed by atoms with Crippen LogP contribution in [0.1, 0.15) is 12.5 Å². The van der Waals surface area contributed by atoms with E-state index in [1.807, 2.05) is 0 Å². The van der Waals surface area contributed by atoms with Crippen LogP contribution < -0.4 is 10.2 Å². The minimum Gasteiger partial charge on any atom is -0.324 e. The van der Waals surface area contributed by atoms with Gasteiger partial charge in [-0.2, -0.15) is 0 Å². The number of carbonyl (C=O) groups is 2. The molecule has 0 unspecified atom stereocenters. The first-order chi connectivity index (χ1) is 11.3. The summed E-state index contributed by atoms with van der Waals surface area (Å²) in [6.07, 6.45) is 0. The predicted molar refractivity (Wildman–Crippen MR) is 84.2 cm³/mol. The molecule has 0 radical (unpaired) electrons. The fraction of sp³-hybridized carbons (Fsp3) is 0.176. The fourth-order valence-electron chi connectivity index (χ4n) is 2.14. The molecule has 0 fully saturated rings. The summed E-state index contributed by atoms with van der Waals surface area (Å²) in [5, 5.41) is 2.59. The Morgan fingerprint density at radius 2 is 1.71 bits per heavy atom. The van der Waals surface area contributed by atoms with Gasteiger partial charge in [0.1, 0.15) is 6.54 Å². The zero-order chi connectivity index (χ0) is 17.9. The van der Waals surface area contributed by atoms with Gasteiger partial charge in [0.15, 0.2) is 17.5 Å². The van der Waals surface area contributed by atoms with Crippen LogP contribution in [-0.2, 0) is 9.59 Å². The number of halogens is 3. The lowest BCUT2D eigenvalue weighted by Crippen LogP contribution is -2.37. The highest BCUT2D eigenvalue weighted by atomic mass is 19.2. The third-order valence-electron chi connectivity index (χ3n) is 3.41. The maximum Gasteiger partial charge on any atom is 0.244 e. The van der Waals surface area contributed by atoms with Gasteiger partial charge < -0.3 is 10.2 Å². The van der Waals surface area contributed by atoms with E-state index in [2.05, 4.69) is 5.32 Å². The van der Waals surface area contributed by atoms with Crippen LogP contribution in [0.5, 0.6) is 0 Å². The second-order valence-electron chi connectivity index (χ2n) is 5.16. The van der Waals surface area contributed by atoms with Gasteiger partial charge >= 0.3 is 0 Å². The van der Waals surface area contributed by atoms with E-state index in [-0.39, 0.29) is 0 Å². The number of para-hydroxylation sites is 1. The Morgan fingerprint density at radius 1 is 1.04 bits per heavy atom. The summed E-state index contributed by atoms with van der Waals surface area (Å²) in [6, 6.07) is 8.58. The number of nitrogens with one attached hydrogen (secondary N) is 1. The molecular weight excluding hydrogens is 321 g/mol. The number of benzene rings is 2. The minimum atomic E-state index is -1.70. The Balaban J connectivity index is 2.24. The van der Waals surface area contributed by atoms with Crippen LogP contribution in [0.3, 0.4) is 0 Å². The number of rotatable bonds is 4. The van der Waals surface area contributed by atoms with Crippen LogP contribution in [0.25, 0.3) is 0 Å². The molecule has 0 saturated heterocycles. The topological polar surface area (TPSA) is 49.4 Å². The Kier molecular flexibility index (Phi) is 5.23. The molecular formula is C17H15F3N2O2. The van der Waals surface area contributed by atoms with E-state index in [0.717, 1.165) is 23.5 Å². The van der Waals surface area contributed by atoms with Crippen LogP contribution >= 0.6 is 0 Å². The smallest absolute Gasteiger partial charge is 0.244 e. The van der Waals surface area contributed by atoms with Crippen LogP contribution in [0.4, 0.5) is 24.5 Å². The Bertz CT molecular complexity index is 793. The van der Waals surface area contributed by atoms with E-state index in [4.69, 9.17) is 0 Å². The van der Waals surface area contributed by atoms with Gasteiger partial charge in [0.2, 0.25) is 11.8 Å². The zero-order valence-corrected chi connectivity index (χ0v) is 13.1. The molecule has 2 aromatic carbocycles. The maximum absolute atomic E-state index is 13.9. The van der Waals surface area contributed by atoms with Gasteiger partial charge in [-0.05, 0) is 30.7 Å². The van der Waals surface area contributed by atoms with Gasteiger partial charge in [-0.15, -0.1) is 0 Å². The van der Waals surface area contributed by atoms with Crippen LogP contribution in [0.2, 0.25) is 0 Å². The van der Waals surface area contributed by atoms with Crippen molar-refractivity contribution in [2.24, 2.45) is 0 Å². The van der Waals surface area contributed by atoms with Crippen molar-refractivity contribution in [2.75, 3.05) is 16.8 Å². The first-order valence-electron chi connectivity index (χ1n) is 7.08. The number of carbonyl (C=O) groups excluding carboxylic acids is 2. The first-order valence-corrected chi connectivity index (χ1v) is 7.08. The molecule has 0 aliphatic rings. The molecule has 0 aromatic heterocycles. The summed E-state index contributed by atoms with van der Waals surface area (Å²) in [7, 11) is 0. The number of aryl methyl sites for hydroxylation is 1. The van der Waals surface area contributed by atoms with Crippen molar-refractivity contribution in [2.45, 2.75) is 13.8 Å². The lowest BCUT2D eigenvalue weighted by atomic mass is 10.2. The predicted octanol–water partition coefficient (Wildman–Crippen LogP) is 3.40. The molecule has 2 amide bonds. The number of amides is 2. The summed E-state index contributed by atoms with van der Waals surface area (Å²) in [4.78, 5) is 24.6. The van der Waals surface area contributed by atoms with Gasteiger partial charge in [-0.1, -0.05) is 18.2 Å². The molecule has 2 aromatic rings. The maximum atomic E-state index is 13.9. The van der Waals surface area contributed by atoms with Crippen LogP contribution in [-0.4, -0.2) is 18.4 Å². The summed E-state index contributed by atoms with van der Waals surface area (Å²) in [6.45, 7) is 2.35. The van der Waals surface area contributed by atoms with Gasteiger partial charge in [-0.3, -0.25) is 9.59 Å². The molecule has 0 spiro atoms. The molecule has 1 N–H and O–H groups in total. The molecule has 24 heavy (non-hydrogen) atoms. The standard InChI is InChI=1S/C17H15F3N2O2/c1-10-5-3-4-6-13(10)21-15(24)9-22(11(2)23)14-8-7-12(18)16(19)17(14)20/h3-8H,9H2,1-2H3,(H,21,24). The molecule has 0 heterocycles. The molecule has 0 saturated carbocycles. The minimum absolute atomic E-state index is 0.499. The summed E-state index contributed by atoms with van der Waals surface area (Å²) in [5.41, 5.74) is 0.845. The van der Waals surface area contributed by atoms with E-state index in [9.17, 15) is 22.8 Å². The lowest BCUT2D eigenvalue weighted by Gasteiger charge is -2.21. The Labute approximate surface area is 136 Å². The average molecular weight is 336 g/mol.